The average molecular weight is 378 g/mol. The molecule has 0 aliphatic carbocycles. The molecule has 7 heteroatoms. The lowest BCUT2D eigenvalue weighted by Gasteiger charge is -2.09. The number of nitrogens with one attached hydrogen (secondary N) is 3. The van der Waals surface area contributed by atoms with Crippen LogP contribution in [0.15, 0.2) is 77.7 Å². The first kappa shape index (κ1) is 18.3. The third kappa shape index (κ3) is 4.59. The standard InChI is InChI=1S/C20H18N4O2S/c21-13-15-12-14(6-11-19(15)22)20(25)23-16-7-9-18(10-8-16)27(26)24-17-4-2-1-3-5-17/h1-13,21,24H,22H2,(H,23,25). The van der Waals surface area contributed by atoms with Gasteiger partial charge in [-0.3, -0.25) is 4.79 Å². The van der Waals surface area contributed by atoms with Crippen LogP contribution < -0.4 is 15.8 Å². The number of hydrogen-bond acceptors (Lipinski definition) is 4. The van der Waals surface area contributed by atoms with Crippen molar-refractivity contribution in [3.05, 3.63) is 83.9 Å². The predicted molar refractivity (Wildman–Crippen MR) is 110 cm³/mol. The molecule has 6 nitrogen and oxygen atoms in total. The quantitative estimate of drug-likeness (QED) is 0.388. The summed E-state index contributed by atoms with van der Waals surface area (Å²) in [5, 5.41) is 10.1. The second-order valence-corrected chi connectivity index (χ2v) is 6.92. The minimum atomic E-state index is -1.40. The van der Waals surface area contributed by atoms with Crippen LogP contribution in [-0.2, 0) is 11.0 Å². The average Bonchev–Trinajstić information content (AvgIpc) is 2.69. The van der Waals surface area contributed by atoms with Crippen LogP contribution in [0.2, 0.25) is 0 Å². The minimum Gasteiger partial charge on any atom is -0.398 e. The highest BCUT2D eigenvalue weighted by Crippen LogP contribution is 2.17. The lowest BCUT2D eigenvalue weighted by Crippen LogP contribution is -2.13. The summed E-state index contributed by atoms with van der Waals surface area (Å²) in [5.74, 6) is -0.311. The Hall–Kier alpha value is -3.45. The zero-order valence-corrected chi connectivity index (χ0v) is 15.1. The highest BCUT2D eigenvalue weighted by atomic mass is 32.2. The third-order valence-corrected chi connectivity index (χ3v) is 4.94. The Morgan fingerprint density at radius 1 is 0.963 bits per heavy atom. The summed E-state index contributed by atoms with van der Waals surface area (Å²) >= 11 is 0. The Morgan fingerprint density at radius 3 is 2.33 bits per heavy atom. The van der Waals surface area contributed by atoms with Gasteiger partial charge in [0.2, 0.25) is 0 Å². The lowest BCUT2D eigenvalue weighted by molar-refractivity contribution is 0.102. The van der Waals surface area contributed by atoms with Crippen LogP contribution in [0.5, 0.6) is 0 Å². The van der Waals surface area contributed by atoms with Gasteiger partial charge < -0.3 is 21.2 Å². The Balaban J connectivity index is 1.67. The molecule has 136 valence electrons. The van der Waals surface area contributed by atoms with Crippen molar-refractivity contribution in [2.75, 3.05) is 15.8 Å². The van der Waals surface area contributed by atoms with Gasteiger partial charge in [-0.2, -0.15) is 0 Å². The fraction of sp³-hybridized carbons (Fsp3) is 0. The van der Waals surface area contributed by atoms with Crippen LogP contribution in [0.4, 0.5) is 17.1 Å². The van der Waals surface area contributed by atoms with Crippen LogP contribution in [0.3, 0.4) is 0 Å². The summed E-state index contributed by atoms with van der Waals surface area (Å²) in [7, 11) is -1.40. The molecule has 5 N–H and O–H groups in total. The molecular formula is C20H18N4O2S. The molecule has 0 saturated heterocycles. The maximum absolute atomic E-state index is 12.4. The molecule has 0 aromatic heterocycles. The van der Waals surface area contributed by atoms with E-state index in [1.165, 1.54) is 0 Å². The van der Waals surface area contributed by atoms with Gasteiger partial charge in [0.1, 0.15) is 11.0 Å². The summed E-state index contributed by atoms with van der Waals surface area (Å²) in [5.41, 5.74) is 8.41. The van der Waals surface area contributed by atoms with E-state index in [4.69, 9.17) is 11.1 Å². The SMILES string of the molecule is N=Cc1cc(C(=O)Nc2ccc(S(=O)Nc3ccccc3)cc2)ccc1N. The van der Waals surface area contributed by atoms with Crippen LogP contribution in [0.25, 0.3) is 0 Å². The van der Waals surface area contributed by atoms with Crippen molar-refractivity contribution >= 4 is 40.2 Å². The van der Waals surface area contributed by atoms with Gasteiger partial charge in [-0.25, -0.2) is 4.21 Å². The molecule has 3 rings (SSSR count). The topological polar surface area (TPSA) is 108 Å². The molecule has 3 aromatic rings. The van der Waals surface area contributed by atoms with E-state index in [0.29, 0.717) is 27.4 Å². The third-order valence-electron chi connectivity index (χ3n) is 3.82. The van der Waals surface area contributed by atoms with E-state index in [9.17, 15) is 9.00 Å². The lowest BCUT2D eigenvalue weighted by atomic mass is 10.1. The van der Waals surface area contributed by atoms with Crippen molar-refractivity contribution < 1.29 is 9.00 Å². The van der Waals surface area contributed by atoms with E-state index in [0.717, 1.165) is 11.9 Å². The van der Waals surface area contributed by atoms with Crippen LogP contribution in [0, 0.1) is 5.41 Å². The Kier molecular flexibility index (Phi) is 5.63. The van der Waals surface area contributed by atoms with Gasteiger partial charge in [-0.15, -0.1) is 0 Å². The highest BCUT2D eigenvalue weighted by Gasteiger charge is 2.09. The van der Waals surface area contributed by atoms with Gasteiger partial charge >= 0.3 is 0 Å². The fourth-order valence-corrected chi connectivity index (χ4v) is 3.23. The summed E-state index contributed by atoms with van der Waals surface area (Å²) in [6.07, 6.45) is 1.11. The van der Waals surface area contributed by atoms with E-state index < -0.39 is 11.0 Å². The van der Waals surface area contributed by atoms with Crippen LogP contribution in [-0.4, -0.2) is 16.3 Å². The normalized spacial score (nSPS) is 11.4. The van der Waals surface area contributed by atoms with E-state index >= 15 is 0 Å². The van der Waals surface area contributed by atoms with E-state index in [-0.39, 0.29) is 5.91 Å². The first-order valence-electron chi connectivity index (χ1n) is 8.12. The number of nitrogen functional groups attached to an aromatic ring is 1. The predicted octanol–water partition coefficient (Wildman–Crippen LogP) is 3.65. The number of carbonyl (C=O) groups excluding carboxylic acids is 1. The largest absolute Gasteiger partial charge is 0.398 e. The highest BCUT2D eigenvalue weighted by molar-refractivity contribution is 7.86. The van der Waals surface area contributed by atoms with Gasteiger partial charge in [0, 0.05) is 34.4 Å². The van der Waals surface area contributed by atoms with E-state index in [1.807, 2.05) is 30.3 Å². The van der Waals surface area contributed by atoms with Crippen molar-refractivity contribution in [2.45, 2.75) is 4.90 Å². The first-order chi connectivity index (χ1) is 13.1. The van der Waals surface area contributed by atoms with Gasteiger partial charge in [0.05, 0.1) is 4.90 Å². The van der Waals surface area contributed by atoms with Crippen LogP contribution in [0.1, 0.15) is 15.9 Å². The second-order valence-electron chi connectivity index (χ2n) is 5.70. The van der Waals surface area contributed by atoms with Crippen molar-refractivity contribution in [3.8, 4) is 0 Å². The zero-order chi connectivity index (χ0) is 19.2. The van der Waals surface area contributed by atoms with E-state index in [1.54, 1.807) is 42.5 Å². The number of hydrogen-bond donors (Lipinski definition) is 4. The van der Waals surface area contributed by atoms with Crippen molar-refractivity contribution in [1.82, 2.24) is 0 Å². The Bertz CT molecular complexity index is 989. The molecule has 0 fully saturated rings. The van der Waals surface area contributed by atoms with Crippen LogP contribution >= 0.6 is 0 Å². The number of para-hydroxylation sites is 1. The molecule has 1 unspecified atom stereocenters. The first-order valence-corrected chi connectivity index (χ1v) is 9.26. The number of anilines is 3. The number of rotatable bonds is 6. The molecule has 0 heterocycles. The van der Waals surface area contributed by atoms with Crippen molar-refractivity contribution in [3.63, 3.8) is 0 Å². The van der Waals surface area contributed by atoms with Gasteiger partial charge in [-0.1, -0.05) is 18.2 Å². The fourth-order valence-electron chi connectivity index (χ4n) is 2.38. The van der Waals surface area contributed by atoms with Gasteiger partial charge in [0.15, 0.2) is 0 Å². The Morgan fingerprint density at radius 2 is 1.67 bits per heavy atom. The van der Waals surface area contributed by atoms with Crippen molar-refractivity contribution in [1.29, 1.82) is 5.41 Å². The summed E-state index contributed by atoms with van der Waals surface area (Å²) in [6.45, 7) is 0. The number of nitrogens with two attached hydrogens (primary N) is 1. The Labute approximate surface area is 159 Å². The molecule has 27 heavy (non-hydrogen) atoms. The smallest absolute Gasteiger partial charge is 0.255 e. The molecule has 0 saturated carbocycles. The minimum absolute atomic E-state index is 0.311. The van der Waals surface area contributed by atoms with Gasteiger partial charge in [0.25, 0.3) is 5.91 Å². The molecule has 3 aromatic carbocycles. The number of carbonyl (C=O) groups is 1. The van der Waals surface area contributed by atoms with E-state index in [2.05, 4.69) is 10.0 Å². The molecular weight excluding hydrogens is 360 g/mol. The molecule has 0 radical (unpaired) electrons. The maximum atomic E-state index is 12.4. The molecule has 0 aliphatic rings. The number of benzene rings is 3. The molecule has 0 bridgehead atoms. The summed E-state index contributed by atoms with van der Waals surface area (Å²) in [6, 6.07) is 20.8. The molecule has 1 atom stereocenters. The van der Waals surface area contributed by atoms with Gasteiger partial charge in [-0.05, 0) is 54.6 Å². The zero-order valence-electron chi connectivity index (χ0n) is 14.3. The number of amides is 1. The second kappa shape index (κ2) is 8.29. The molecule has 0 spiro atoms. The molecule has 0 aliphatic heterocycles. The molecule has 1 amide bonds. The van der Waals surface area contributed by atoms with Crippen molar-refractivity contribution in [2.24, 2.45) is 0 Å². The monoisotopic (exact) mass is 378 g/mol. The summed E-state index contributed by atoms with van der Waals surface area (Å²) < 4.78 is 15.3. The maximum Gasteiger partial charge on any atom is 0.255 e. The summed E-state index contributed by atoms with van der Waals surface area (Å²) in [4.78, 5) is 12.9.